The minimum absolute atomic E-state index is 0.291. The van der Waals surface area contributed by atoms with Gasteiger partial charge < -0.3 is 9.52 Å². The van der Waals surface area contributed by atoms with Crippen molar-refractivity contribution in [2.45, 2.75) is 33.1 Å². The van der Waals surface area contributed by atoms with Crippen molar-refractivity contribution in [1.29, 1.82) is 0 Å². The van der Waals surface area contributed by atoms with Crippen LogP contribution in [0.25, 0.3) is 0 Å². The van der Waals surface area contributed by atoms with Crippen LogP contribution in [-0.4, -0.2) is 5.11 Å². The fraction of sp³-hybridized carbons (Fsp3) is 0.600. The van der Waals surface area contributed by atoms with Crippen LogP contribution in [-0.2, 0) is 6.42 Å². The Balaban J connectivity index is 2.29. The molecule has 1 rings (SSSR count). The lowest BCUT2D eigenvalue weighted by molar-refractivity contribution is 0.421. The maximum atomic E-state index is 9.22. The van der Waals surface area contributed by atoms with E-state index in [2.05, 4.69) is 13.8 Å². The smallest absolute Gasteiger partial charge is 0.156 e. The van der Waals surface area contributed by atoms with Gasteiger partial charge in [-0.05, 0) is 12.3 Å². The van der Waals surface area contributed by atoms with Gasteiger partial charge in [-0.3, -0.25) is 0 Å². The highest BCUT2D eigenvalue weighted by Gasteiger charge is 2.04. The molecule has 68 valence electrons. The maximum absolute atomic E-state index is 9.22. The van der Waals surface area contributed by atoms with Gasteiger partial charge in [-0.25, -0.2) is 0 Å². The molecular formula is C10H16O2. The highest BCUT2D eigenvalue weighted by Crippen LogP contribution is 2.20. The van der Waals surface area contributed by atoms with Gasteiger partial charge in [0.15, 0.2) is 5.75 Å². The first-order valence-corrected chi connectivity index (χ1v) is 4.45. The molecule has 1 aromatic rings. The Morgan fingerprint density at radius 1 is 1.50 bits per heavy atom. The predicted molar refractivity (Wildman–Crippen MR) is 48.1 cm³/mol. The van der Waals surface area contributed by atoms with E-state index in [1.165, 1.54) is 12.7 Å². The summed E-state index contributed by atoms with van der Waals surface area (Å²) >= 11 is 0. The van der Waals surface area contributed by atoms with Gasteiger partial charge in [0, 0.05) is 12.5 Å². The van der Waals surface area contributed by atoms with E-state index in [0.29, 0.717) is 5.75 Å². The van der Waals surface area contributed by atoms with Crippen molar-refractivity contribution in [3.05, 3.63) is 18.1 Å². The summed E-state index contributed by atoms with van der Waals surface area (Å²) in [6.45, 7) is 4.39. The van der Waals surface area contributed by atoms with Crippen molar-refractivity contribution >= 4 is 0 Å². The molecule has 0 spiro atoms. The number of aromatic hydroxyl groups is 1. The zero-order chi connectivity index (χ0) is 8.97. The van der Waals surface area contributed by atoms with E-state index >= 15 is 0 Å². The van der Waals surface area contributed by atoms with Crippen molar-refractivity contribution in [2.75, 3.05) is 0 Å². The largest absolute Gasteiger partial charge is 0.504 e. The Bertz CT molecular complexity index is 225. The van der Waals surface area contributed by atoms with E-state index in [9.17, 15) is 5.11 Å². The first-order chi connectivity index (χ1) is 5.70. The van der Waals surface area contributed by atoms with E-state index in [0.717, 1.165) is 24.5 Å². The normalized spacial score (nSPS) is 10.9. The molecule has 0 unspecified atom stereocenters. The van der Waals surface area contributed by atoms with E-state index in [4.69, 9.17) is 4.42 Å². The van der Waals surface area contributed by atoms with E-state index in [-0.39, 0.29) is 0 Å². The monoisotopic (exact) mass is 168 g/mol. The van der Waals surface area contributed by atoms with Gasteiger partial charge in [-0.1, -0.05) is 20.3 Å². The van der Waals surface area contributed by atoms with Gasteiger partial charge in [0.25, 0.3) is 0 Å². The molecule has 0 saturated heterocycles. The number of furan rings is 1. The van der Waals surface area contributed by atoms with Gasteiger partial charge in [0.05, 0.1) is 6.26 Å². The minimum atomic E-state index is 0.291. The zero-order valence-electron chi connectivity index (χ0n) is 7.71. The molecule has 0 amide bonds. The van der Waals surface area contributed by atoms with Crippen molar-refractivity contribution in [3.8, 4) is 5.75 Å². The number of hydrogen-bond acceptors (Lipinski definition) is 2. The van der Waals surface area contributed by atoms with Crippen LogP contribution < -0.4 is 0 Å². The molecule has 1 N–H and O–H groups in total. The zero-order valence-corrected chi connectivity index (χ0v) is 7.71. The molecule has 0 aliphatic heterocycles. The topological polar surface area (TPSA) is 33.4 Å². The highest BCUT2D eigenvalue weighted by molar-refractivity contribution is 5.22. The lowest BCUT2D eigenvalue weighted by atomic mass is 10.1. The predicted octanol–water partition coefficient (Wildman–Crippen LogP) is 2.96. The first kappa shape index (κ1) is 9.17. The first-order valence-electron chi connectivity index (χ1n) is 4.45. The summed E-state index contributed by atoms with van der Waals surface area (Å²) in [7, 11) is 0. The van der Waals surface area contributed by atoms with Gasteiger partial charge in [0.2, 0.25) is 0 Å². The average molecular weight is 168 g/mol. The van der Waals surface area contributed by atoms with Crippen molar-refractivity contribution in [1.82, 2.24) is 0 Å². The summed E-state index contributed by atoms with van der Waals surface area (Å²) in [5, 5.41) is 9.22. The molecule has 0 aromatic carbocycles. The molecule has 12 heavy (non-hydrogen) atoms. The van der Waals surface area contributed by atoms with Crippen LogP contribution in [0.2, 0.25) is 0 Å². The van der Waals surface area contributed by atoms with Crippen LogP contribution >= 0.6 is 0 Å². The van der Waals surface area contributed by atoms with Crippen LogP contribution in [0.1, 0.15) is 32.4 Å². The second-order valence-electron chi connectivity index (χ2n) is 3.52. The molecule has 1 aromatic heterocycles. The maximum Gasteiger partial charge on any atom is 0.156 e. The van der Waals surface area contributed by atoms with Crippen molar-refractivity contribution in [3.63, 3.8) is 0 Å². The van der Waals surface area contributed by atoms with Crippen LogP contribution in [0.15, 0.2) is 16.7 Å². The summed E-state index contributed by atoms with van der Waals surface area (Å²) in [4.78, 5) is 0. The van der Waals surface area contributed by atoms with E-state index < -0.39 is 0 Å². The molecule has 0 atom stereocenters. The summed E-state index contributed by atoms with van der Waals surface area (Å²) < 4.78 is 5.10. The molecule has 0 radical (unpaired) electrons. The Kier molecular flexibility index (Phi) is 3.20. The van der Waals surface area contributed by atoms with E-state index in [1.807, 2.05) is 0 Å². The molecule has 0 bridgehead atoms. The third-order valence-corrected chi connectivity index (χ3v) is 1.91. The highest BCUT2D eigenvalue weighted by atomic mass is 16.4. The fourth-order valence-corrected chi connectivity index (χ4v) is 1.19. The van der Waals surface area contributed by atoms with Crippen LogP contribution in [0, 0.1) is 5.92 Å². The second-order valence-corrected chi connectivity index (χ2v) is 3.52. The lowest BCUT2D eigenvalue weighted by Crippen LogP contribution is -1.89. The molecule has 0 aliphatic carbocycles. The van der Waals surface area contributed by atoms with Gasteiger partial charge in [-0.2, -0.15) is 0 Å². The summed E-state index contributed by atoms with van der Waals surface area (Å²) in [6, 6.07) is 1.59. The Hall–Kier alpha value is -0.920. The molecule has 2 heteroatoms. The molecule has 0 aliphatic rings. The second kappa shape index (κ2) is 4.19. The third-order valence-electron chi connectivity index (χ3n) is 1.91. The fourth-order valence-electron chi connectivity index (χ4n) is 1.19. The quantitative estimate of drug-likeness (QED) is 0.749. The minimum Gasteiger partial charge on any atom is -0.504 e. The molecule has 2 nitrogen and oxygen atoms in total. The Labute approximate surface area is 73.2 Å². The Morgan fingerprint density at radius 3 is 2.75 bits per heavy atom. The van der Waals surface area contributed by atoms with E-state index in [1.54, 1.807) is 6.07 Å². The summed E-state index contributed by atoms with van der Waals surface area (Å²) in [5.74, 6) is 1.73. The number of rotatable bonds is 4. The van der Waals surface area contributed by atoms with Crippen LogP contribution in [0.3, 0.4) is 0 Å². The molecule has 0 saturated carbocycles. The molecular weight excluding hydrogens is 152 g/mol. The third kappa shape index (κ3) is 2.61. The standard InChI is InChI=1S/C10H16O2/c1-8(2)4-3-5-10-9(11)6-7-12-10/h6-8,11H,3-5H2,1-2H3. The summed E-state index contributed by atoms with van der Waals surface area (Å²) in [6.07, 6.45) is 4.63. The number of hydrogen-bond donors (Lipinski definition) is 1. The van der Waals surface area contributed by atoms with Gasteiger partial charge >= 0.3 is 0 Å². The SMILES string of the molecule is CC(C)CCCc1occc1O. The van der Waals surface area contributed by atoms with Crippen LogP contribution in [0.5, 0.6) is 5.75 Å². The molecule has 1 heterocycles. The van der Waals surface area contributed by atoms with Crippen LogP contribution in [0.4, 0.5) is 0 Å². The molecule has 0 fully saturated rings. The lowest BCUT2D eigenvalue weighted by Gasteiger charge is -2.02. The Morgan fingerprint density at radius 2 is 2.25 bits per heavy atom. The summed E-state index contributed by atoms with van der Waals surface area (Å²) in [5.41, 5.74) is 0. The van der Waals surface area contributed by atoms with Gasteiger partial charge in [0.1, 0.15) is 5.76 Å². The average Bonchev–Trinajstić information content (AvgIpc) is 2.36. The van der Waals surface area contributed by atoms with Gasteiger partial charge in [-0.15, -0.1) is 0 Å². The van der Waals surface area contributed by atoms with Crippen molar-refractivity contribution < 1.29 is 9.52 Å². The van der Waals surface area contributed by atoms with Crippen molar-refractivity contribution in [2.24, 2.45) is 5.92 Å². The number of aryl methyl sites for hydroxylation is 1.